The average Bonchev–Trinajstić information content (AvgIpc) is 3.52. The molecule has 3 aliphatic heterocycles. The van der Waals surface area contributed by atoms with Gasteiger partial charge >= 0.3 is 15.6 Å². The van der Waals surface area contributed by atoms with Gasteiger partial charge in [-0.2, -0.15) is 0 Å². The first-order valence-electron chi connectivity index (χ1n) is 12.0. The number of ether oxygens (including phenoxy) is 5. The van der Waals surface area contributed by atoms with E-state index in [1.54, 1.807) is 7.11 Å². The number of methoxy groups -OCH3 is 2. The molecule has 0 amide bonds. The smallest absolute Gasteiger partial charge is 0.382 e. The summed E-state index contributed by atoms with van der Waals surface area (Å²) in [7, 11) is 9.10. The molecule has 0 aromatic carbocycles. The van der Waals surface area contributed by atoms with E-state index in [0.29, 0.717) is 6.42 Å². The van der Waals surface area contributed by atoms with Crippen molar-refractivity contribution in [2.45, 2.75) is 80.9 Å². The lowest BCUT2D eigenvalue weighted by molar-refractivity contribution is -0.0447. The van der Waals surface area contributed by atoms with Crippen molar-refractivity contribution in [1.82, 2.24) is 0 Å². The van der Waals surface area contributed by atoms with Crippen LogP contribution in [0, 0.1) is 0 Å². The first-order valence-corrected chi connectivity index (χ1v) is 14.9. The third-order valence-electron chi connectivity index (χ3n) is 6.25. The molecule has 11 atom stereocenters. The number of phosphoric ester groups is 2. The summed E-state index contributed by atoms with van der Waals surface area (Å²) < 4.78 is 86.2. The maximum Gasteiger partial charge on any atom is 0.474 e. The minimum atomic E-state index is -4.07. The summed E-state index contributed by atoms with van der Waals surface area (Å²) in [4.78, 5) is 0. The van der Waals surface area contributed by atoms with Gasteiger partial charge in [0.25, 0.3) is 0 Å². The van der Waals surface area contributed by atoms with Crippen LogP contribution in [-0.4, -0.2) is 119 Å². The quantitative estimate of drug-likeness (QED) is 0.210. The second-order valence-corrected chi connectivity index (χ2v) is 12.4. The van der Waals surface area contributed by atoms with Gasteiger partial charge in [-0.15, -0.1) is 0 Å². The fraction of sp³-hybridized carbons (Fsp3) is 1.00. The fourth-order valence-electron chi connectivity index (χ4n) is 4.40. The molecule has 3 rings (SSSR count). The molecule has 17 heteroatoms. The lowest BCUT2D eigenvalue weighted by Crippen LogP contribution is -2.31. The van der Waals surface area contributed by atoms with Crippen LogP contribution in [0.4, 0.5) is 0 Å². The van der Waals surface area contributed by atoms with Crippen molar-refractivity contribution >= 4 is 31.3 Å². The van der Waals surface area contributed by atoms with Gasteiger partial charge in [-0.05, 0) is 19.8 Å². The Morgan fingerprint density at radius 3 is 1.59 bits per heavy atom. The zero-order valence-electron chi connectivity index (χ0n) is 21.8. The molecule has 3 heterocycles. The third kappa shape index (κ3) is 8.82. The number of hydrogen-bond donors (Lipinski definition) is 0. The first-order chi connectivity index (χ1) is 17.5. The van der Waals surface area contributed by atoms with Gasteiger partial charge in [0.15, 0.2) is 0 Å². The summed E-state index contributed by atoms with van der Waals surface area (Å²) in [5.41, 5.74) is 0. The zero-order chi connectivity index (χ0) is 27.2. The van der Waals surface area contributed by atoms with Crippen LogP contribution in [0.5, 0.6) is 0 Å². The van der Waals surface area contributed by atoms with Gasteiger partial charge in [0.2, 0.25) is 0 Å². The SMILES string of the molecule is [B]C1CC(OP(=O)(OC)OCC2OC([B])CC2OP(=O)(OC)OCC2OC(C)CC2OC)C(COC)O1. The highest BCUT2D eigenvalue weighted by Gasteiger charge is 2.45. The predicted molar refractivity (Wildman–Crippen MR) is 131 cm³/mol. The highest BCUT2D eigenvalue weighted by molar-refractivity contribution is 7.48. The molecular formula is C20H36B2O13P2. The van der Waals surface area contributed by atoms with E-state index in [4.69, 9.17) is 66.5 Å². The Labute approximate surface area is 220 Å². The second-order valence-electron chi connectivity index (χ2n) is 8.99. The minimum Gasteiger partial charge on any atom is -0.382 e. The number of hydrogen-bond acceptors (Lipinski definition) is 13. The highest BCUT2D eigenvalue weighted by atomic mass is 31.2. The van der Waals surface area contributed by atoms with Crippen LogP contribution in [0.2, 0.25) is 0 Å². The summed E-state index contributed by atoms with van der Waals surface area (Å²) in [5, 5.41) is 0. The maximum absolute atomic E-state index is 13.2. The van der Waals surface area contributed by atoms with Gasteiger partial charge in [0.1, 0.15) is 34.0 Å². The van der Waals surface area contributed by atoms with Crippen LogP contribution in [-0.2, 0) is 60.0 Å². The summed E-state index contributed by atoms with van der Waals surface area (Å²) in [6.45, 7) is 1.71. The van der Waals surface area contributed by atoms with Gasteiger partial charge < -0.3 is 23.7 Å². The van der Waals surface area contributed by atoms with Crippen molar-refractivity contribution in [3.8, 4) is 0 Å². The minimum absolute atomic E-state index is 0.0286. The molecule has 0 aliphatic carbocycles. The predicted octanol–water partition coefficient (Wildman–Crippen LogP) is 1.70. The molecule has 37 heavy (non-hydrogen) atoms. The van der Waals surface area contributed by atoms with E-state index in [1.165, 1.54) is 21.3 Å². The molecule has 13 nitrogen and oxygen atoms in total. The Kier molecular flexibility index (Phi) is 12.1. The van der Waals surface area contributed by atoms with Crippen LogP contribution >= 0.6 is 15.6 Å². The standard InChI is InChI=1S/C20H36B2O13P2/c1-12-6-13(26-3)17(31-12)10-29-36(23,27-4)35-15-8-20(22)33-18(15)11-30-37(24,28-5)34-14-7-19(21)32-16(14)9-25-2/h12-20H,6-11H2,1-5H3. The lowest BCUT2D eigenvalue weighted by atomic mass is 9.96. The molecule has 0 aromatic heterocycles. The summed E-state index contributed by atoms with van der Waals surface area (Å²) in [5.74, 6) is 0. The molecule has 4 radical (unpaired) electrons. The van der Waals surface area contributed by atoms with Crippen LogP contribution in [0.1, 0.15) is 26.2 Å². The zero-order valence-corrected chi connectivity index (χ0v) is 23.6. The molecule has 3 saturated heterocycles. The topological polar surface area (TPSA) is 136 Å². The van der Waals surface area contributed by atoms with E-state index in [1.807, 2.05) is 6.92 Å². The van der Waals surface area contributed by atoms with Crippen molar-refractivity contribution in [3.63, 3.8) is 0 Å². The van der Waals surface area contributed by atoms with Crippen molar-refractivity contribution in [1.29, 1.82) is 0 Å². The Hall–Kier alpha value is 0.150. The molecular weight excluding hydrogens is 532 g/mol. The average molecular weight is 568 g/mol. The van der Waals surface area contributed by atoms with Crippen LogP contribution in [0.15, 0.2) is 0 Å². The lowest BCUT2D eigenvalue weighted by Gasteiger charge is -2.27. The van der Waals surface area contributed by atoms with E-state index >= 15 is 0 Å². The third-order valence-corrected chi connectivity index (χ3v) is 9.13. The monoisotopic (exact) mass is 568 g/mol. The fourth-order valence-corrected chi connectivity index (χ4v) is 6.68. The highest BCUT2D eigenvalue weighted by Crippen LogP contribution is 2.54. The molecule has 11 unspecified atom stereocenters. The van der Waals surface area contributed by atoms with Crippen molar-refractivity contribution in [2.24, 2.45) is 0 Å². The Bertz CT molecular complexity index is 810. The van der Waals surface area contributed by atoms with Crippen molar-refractivity contribution in [2.75, 3.05) is 48.3 Å². The van der Waals surface area contributed by atoms with Gasteiger partial charge in [-0.25, -0.2) is 9.13 Å². The largest absolute Gasteiger partial charge is 0.474 e. The van der Waals surface area contributed by atoms with Gasteiger partial charge in [-0.1, -0.05) is 0 Å². The number of rotatable bonds is 15. The summed E-state index contributed by atoms with van der Waals surface area (Å²) in [6.07, 6.45) is -2.54. The maximum atomic E-state index is 13.2. The van der Waals surface area contributed by atoms with E-state index < -0.39 is 58.2 Å². The molecule has 0 N–H and O–H groups in total. The normalized spacial score (nSPS) is 39.5. The van der Waals surface area contributed by atoms with E-state index in [-0.39, 0.29) is 44.9 Å². The Morgan fingerprint density at radius 1 is 0.703 bits per heavy atom. The number of phosphoric acid groups is 2. The van der Waals surface area contributed by atoms with E-state index in [9.17, 15) is 9.13 Å². The summed E-state index contributed by atoms with van der Waals surface area (Å²) >= 11 is 0. The molecule has 0 aromatic rings. The van der Waals surface area contributed by atoms with E-state index in [0.717, 1.165) is 0 Å². The Morgan fingerprint density at radius 2 is 1.16 bits per heavy atom. The van der Waals surface area contributed by atoms with Crippen LogP contribution in [0.3, 0.4) is 0 Å². The molecule has 0 spiro atoms. The Balaban J connectivity index is 1.57. The van der Waals surface area contributed by atoms with Crippen molar-refractivity contribution < 1.29 is 60.0 Å². The molecule has 210 valence electrons. The molecule has 0 saturated carbocycles. The molecule has 0 bridgehead atoms. The molecule has 3 fully saturated rings. The van der Waals surface area contributed by atoms with Crippen LogP contribution < -0.4 is 0 Å². The van der Waals surface area contributed by atoms with Gasteiger partial charge in [-0.3, -0.25) is 27.1 Å². The first kappa shape index (κ1) is 31.7. The van der Waals surface area contributed by atoms with Crippen LogP contribution in [0.25, 0.3) is 0 Å². The van der Waals surface area contributed by atoms with Gasteiger partial charge in [0.05, 0.1) is 44.2 Å². The summed E-state index contributed by atoms with van der Waals surface area (Å²) in [6, 6.07) is -1.36. The molecule has 3 aliphatic rings. The van der Waals surface area contributed by atoms with Gasteiger partial charge in [0, 0.05) is 46.9 Å². The van der Waals surface area contributed by atoms with E-state index in [2.05, 4.69) is 0 Å². The second kappa shape index (κ2) is 14.2. The van der Waals surface area contributed by atoms with Crippen molar-refractivity contribution in [3.05, 3.63) is 0 Å².